The highest BCUT2D eigenvalue weighted by Gasteiger charge is 2.47. The topological polar surface area (TPSA) is 76.1 Å². The molecule has 0 bridgehead atoms. The number of anilines is 1. The Bertz CT molecular complexity index is 1320. The monoisotopic (exact) mass is 523 g/mol. The van der Waals surface area contributed by atoms with Gasteiger partial charge in [-0.2, -0.15) is 0 Å². The lowest BCUT2D eigenvalue weighted by Gasteiger charge is -2.25. The molecule has 3 aromatic rings. The van der Waals surface area contributed by atoms with Crippen LogP contribution in [0.5, 0.6) is 11.5 Å². The fraction of sp³-hybridized carbons (Fsp3) is 0.241. The molecule has 1 unspecified atom stereocenters. The SMILES string of the molecule is CCCCCOc1ccc(/C(O)=C2\C(=O)C(=O)N(c3ccc(F)c(Cl)c3)C2c2ccc(OC)cc2)cc1. The molecule has 192 valence electrons. The minimum atomic E-state index is -0.975. The minimum Gasteiger partial charge on any atom is -0.507 e. The van der Waals surface area contributed by atoms with Crippen LogP contribution in [-0.2, 0) is 9.59 Å². The van der Waals surface area contributed by atoms with Gasteiger partial charge in [0.1, 0.15) is 23.1 Å². The molecule has 1 aliphatic rings. The van der Waals surface area contributed by atoms with Crippen LogP contribution in [0.4, 0.5) is 10.1 Å². The number of carbonyl (C=O) groups is 2. The number of carbonyl (C=O) groups excluding carboxylic acids is 2. The second-order valence-electron chi connectivity index (χ2n) is 8.62. The summed E-state index contributed by atoms with van der Waals surface area (Å²) >= 11 is 5.99. The minimum absolute atomic E-state index is 0.0905. The summed E-state index contributed by atoms with van der Waals surface area (Å²) in [6.07, 6.45) is 3.10. The molecular weight excluding hydrogens is 497 g/mol. The maximum absolute atomic E-state index is 13.9. The molecule has 3 aromatic carbocycles. The number of ether oxygens (including phenoxy) is 2. The lowest BCUT2D eigenvalue weighted by atomic mass is 9.95. The van der Waals surface area contributed by atoms with Crippen molar-refractivity contribution >= 4 is 34.7 Å². The van der Waals surface area contributed by atoms with E-state index in [1.807, 2.05) is 0 Å². The fourth-order valence-electron chi connectivity index (χ4n) is 4.24. The van der Waals surface area contributed by atoms with Crippen molar-refractivity contribution < 1.29 is 28.6 Å². The maximum Gasteiger partial charge on any atom is 0.300 e. The molecule has 37 heavy (non-hydrogen) atoms. The van der Waals surface area contributed by atoms with Crippen LogP contribution in [0.3, 0.4) is 0 Å². The van der Waals surface area contributed by atoms with E-state index >= 15 is 0 Å². The molecule has 6 nitrogen and oxygen atoms in total. The molecule has 1 fully saturated rings. The summed E-state index contributed by atoms with van der Waals surface area (Å²) < 4.78 is 24.8. The van der Waals surface area contributed by atoms with Crippen LogP contribution in [0, 0.1) is 5.82 Å². The molecule has 1 saturated heterocycles. The summed E-state index contributed by atoms with van der Waals surface area (Å²) in [5, 5.41) is 11.1. The zero-order chi connectivity index (χ0) is 26.5. The van der Waals surface area contributed by atoms with Crippen LogP contribution in [0.15, 0.2) is 72.3 Å². The molecule has 1 N–H and O–H groups in total. The van der Waals surface area contributed by atoms with Crippen molar-refractivity contribution in [3.63, 3.8) is 0 Å². The molecular formula is C29H27ClFNO5. The number of benzene rings is 3. The Labute approximate surface area is 219 Å². The van der Waals surface area contributed by atoms with Crippen LogP contribution in [0.1, 0.15) is 43.4 Å². The summed E-state index contributed by atoms with van der Waals surface area (Å²) in [7, 11) is 1.53. The number of Topliss-reactive ketones (excluding diaryl/α,β-unsaturated/α-hetero) is 1. The van der Waals surface area contributed by atoms with Gasteiger partial charge in [0.2, 0.25) is 0 Å². The molecule has 0 aliphatic carbocycles. The van der Waals surface area contributed by atoms with Crippen molar-refractivity contribution in [1.82, 2.24) is 0 Å². The predicted molar refractivity (Wildman–Crippen MR) is 141 cm³/mol. The van der Waals surface area contributed by atoms with Gasteiger partial charge in [0.25, 0.3) is 11.7 Å². The van der Waals surface area contributed by atoms with Crippen LogP contribution in [0.25, 0.3) is 5.76 Å². The first-order chi connectivity index (χ1) is 17.8. The second kappa shape index (κ2) is 11.5. The van der Waals surface area contributed by atoms with E-state index in [9.17, 15) is 19.1 Å². The predicted octanol–water partition coefficient (Wildman–Crippen LogP) is 6.68. The number of ketones is 1. The summed E-state index contributed by atoms with van der Waals surface area (Å²) in [4.78, 5) is 27.7. The van der Waals surface area contributed by atoms with E-state index in [2.05, 4.69) is 6.92 Å². The van der Waals surface area contributed by atoms with Gasteiger partial charge in [0, 0.05) is 11.3 Å². The quantitative estimate of drug-likeness (QED) is 0.146. The highest BCUT2D eigenvalue weighted by atomic mass is 35.5. The van der Waals surface area contributed by atoms with E-state index in [4.69, 9.17) is 21.1 Å². The highest BCUT2D eigenvalue weighted by molar-refractivity contribution is 6.51. The van der Waals surface area contributed by atoms with Gasteiger partial charge in [0.15, 0.2) is 0 Å². The molecule has 0 saturated carbocycles. The summed E-state index contributed by atoms with van der Waals surface area (Å²) in [5.41, 5.74) is 1.05. The van der Waals surface area contributed by atoms with Crippen molar-refractivity contribution in [2.75, 3.05) is 18.6 Å². The zero-order valence-electron chi connectivity index (χ0n) is 20.5. The molecule has 0 radical (unpaired) electrons. The average molecular weight is 524 g/mol. The molecule has 1 heterocycles. The molecule has 0 spiro atoms. The molecule has 0 aromatic heterocycles. The van der Waals surface area contributed by atoms with Crippen LogP contribution in [-0.4, -0.2) is 30.5 Å². The summed E-state index contributed by atoms with van der Waals surface area (Å²) in [6, 6.07) is 16.3. The number of hydrogen-bond acceptors (Lipinski definition) is 5. The summed E-state index contributed by atoms with van der Waals surface area (Å²) in [5.74, 6) is -1.48. The Kier molecular flexibility index (Phi) is 8.14. The van der Waals surface area contributed by atoms with Gasteiger partial charge in [-0.05, 0) is 66.6 Å². The number of amides is 1. The highest BCUT2D eigenvalue weighted by Crippen LogP contribution is 2.43. The van der Waals surface area contributed by atoms with Crippen LogP contribution < -0.4 is 14.4 Å². The smallest absolute Gasteiger partial charge is 0.300 e. The molecule has 1 aliphatic heterocycles. The van der Waals surface area contributed by atoms with E-state index in [0.29, 0.717) is 29.2 Å². The van der Waals surface area contributed by atoms with Crippen molar-refractivity contribution in [3.05, 3.63) is 94.3 Å². The number of rotatable bonds is 9. The number of unbranched alkanes of at least 4 members (excludes halogenated alkanes) is 2. The van der Waals surface area contributed by atoms with Crippen molar-refractivity contribution in [2.45, 2.75) is 32.2 Å². The van der Waals surface area contributed by atoms with Gasteiger partial charge in [-0.1, -0.05) is 43.5 Å². The van der Waals surface area contributed by atoms with Crippen LogP contribution in [0.2, 0.25) is 5.02 Å². The number of aliphatic hydroxyl groups is 1. The van der Waals surface area contributed by atoms with E-state index < -0.39 is 23.5 Å². The standard InChI is InChI=1S/C29H27ClFNO5/c1-3-4-5-16-37-22-13-8-19(9-14-22)27(33)25-26(18-6-11-21(36-2)12-7-18)32(29(35)28(25)34)20-10-15-24(31)23(30)17-20/h6-15,17,26,33H,3-5,16H2,1-2H3/b27-25+. The first-order valence-electron chi connectivity index (χ1n) is 12.0. The van der Waals surface area contributed by atoms with Gasteiger partial charge in [-0.25, -0.2) is 4.39 Å². The van der Waals surface area contributed by atoms with E-state index in [-0.39, 0.29) is 22.0 Å². The van der Waals surface area contributed by atoms with Crippen molar-refractivity contribution in [3.8, 4) is 11.5 Å². The van der Waals surface area contributed by atoms with Crippen LogP contribution >= 0.6 is 11.6 Å². The van der Waals surface area contributed by atoms with Crippen molar-refractivity contribution in [2.24, 2.45) is 0 Å². The molecule has 1 amide bonds. The molecule has 8 heteroatoms. The first kappa shape index (κ1) is 26.2. The van der Waals surface area contributed by atoms with Gasteiger partial charge in [0.05, 0.1) is 30.4 Å². The van der Waals surface area contributed by atoms with Gasteiger partial charge < -0.3 is 14.6 Å². The fourth-order valence-corrected chi connectivity index (χ4v) is 4.42. The third kappa shape index (κ3) is 5.47. The first-order valence-corrected chi connectivity index (χ1v) is 12.4. The number of halogens is 2. The van der Waals surface area contributed by atoms with Gasteiger partial charge in [-0.3, -0.25) is 14.5 Å². The molecule has 4 rings (SSSR count). The number of aliphatic hydroxyl groups excluding tert-OH is 1. The third-order valence-electron chi connectivity index (χ3n) is 6.20. The average Bonchev–Trinajstić information content (AvgIpc) is 3.18. The van der Waals surface area contributed by atoms with E-state index in [0.717, 1.165) is 25.3 Å². The molecule has 1 atom stereocenters. The number of nitrogens with zero attached hydrogens (tertiary/aromatic N) is 1. The summed E-state index contributed by atoms with van der Waals surface area (Å²) in [6.45, 7) is 2.70. The zero-order valence-corrected chi connectivity index (χ0v) is 21.3. The lowest BCUT2D eigenvalue weighted by Crippen LogP contribution is -2.29. The Morgan fingerprint density at radius 3 is 2.30 bits per heavy atom. The Balaban J connectivity index is 1.77. The van der Waals surface area contributed by atoms with Crippen molar-refractivity contribution in [1.29, 1.82) is 0 Å². The number of hydrogen-bond donors (Lipinski definition) is 1. The lowest BCUT2D eigenvalue weighted by molar-refractivity contribution is -0.132. The Morgan fingerprint density at radius 1 is 1.00 bits per heavy atom. The van der Waals surface area contributed by atoms with Gasteiger partial charge >= 0.3 is 0 Å². The Hall–Kier alpha value is -3.84. The third-order valence-corrected chi connectivity index (χ3v) is 6.49. The maximum atomic E-state index is 13.9. The Morgan fingerprint density at radius 2 is 1.68 bits per heavy atom. The van der Waals surface area contributed by atoms with Gasteiger partial charge in [-0.15, -0.1) is 0 Å². The normalized spacial score (nSPS) is 16.8. The second-order valence-corrected chi connectivity index (χ2v) is 9.03. The van der Waals surface area contributed by atoms with E-state index in [1.54, 1.807) is 48.5 Å². The van der Waals surface area contributed by atoms with E-state index in [1.165, 1.54) is 24.1 Å². The largest absolute Gasteiger partial charge is 0.507 e. The number of methoxy groups -OCH3 is 1.